The average molecular weight is 198 g/mol. The first-order chi connectivity index (χ1) is 6.65. The van der Waals surface area contributed by atoms with Gasteiger partial charge < -0.3 is 15.5 Å². The third-order valence-corrected chi connectivity index (χ3v) is 1.62. The van der Waals surface area contributed by atoms with Crippen LogP contribution in [0.5, 0.6) is 5.75 Å². The summed E-state index contributed by atoms with van der Waals surface area (Å²) in [6, 6.07) is 3.66. The molecule has 3 N–H and O–H groups in total. The van der Waals surface area contributed by atoms with Crippen molar-refractivity contribution in [2.45, 2.75) is 0 Å². The third-order valence-electron chi connectivity index (χ3n) is 1.62. The minimum Gasteiger partial charge on any atom is -0.506 e. The fourth-order valence-electron chi connectivity index (χ4n) is 0.970. The standard InChI is InChI=1S/C8H10N2O4/c11-4-3-9-7-5-6(10(13)14)1-2-8(7)12/h1-2,5,9,11-12H,3-4H2. The van der Waals surface area contributed by atoms with Crippen molar-refractivity contribution >= 4 is 11.4 Å². The number of nitrogens with zero attached hydrogens (tertiary/aromatic N) is 1. The van der Waals surface area contributed by atoms with Crippen molar-refractivity contribution in [3.8, 4) is 5.75 Å². The number of aliphatic hydroxyl groups excluding tert-OH is 1. The molecule has 0 amide bonds. The summed E-state index contributed by atoms with van der Waals surface area (Å²) in [5.74, 6) is -0.0796. The van der Waals surface area contributed by atoms with Gasteiger partial charge in [0, 0.05) is 18.7 Å². The Morgan fingerprint density at radius 1 is 1.50 bits per heavy atom. The van der Waals surface area contributed by atoms with Crippen LogP contribution in [0.25, 0.3) is 0 Å². The van der Waals surface area contributed by atoms with E-state index in [9.17, 15) is 15.2 Å². The molecule has 76 valence electrons. The Hall–Kier alpha value is -1.82. The van der Waals surface area contributed by atoms with Crippen molar-refractivity contribution < 1.29 is 15.1 Å². The number of benzene rings is 1. The number of non-ortho nitro benzene ring substituents is 1. The predicted octanol–water partition coefficient (Wildman–Crippen LogP) is 0.705. The number of hydrogen-bond donors (Lipinski definition) is 3. The molecule has 0 aliphatic rings. The SMILES string of the molecule is O=[N+]([O-])c1ccc(O)c(NCCO)c1. The fraction of sp³-hybridized carbons (Fsp3) is 0.250. The van der Waals surface area contributed by atoms with Gasteiger partial charge in [0.2, 0.25) is 0 Å². The second-order valence-electron chi connectivity index (χ2n) is 2.61. The zero-order valence-electron chi connectivity index (χ0n) is 7.30. The molecule has 0 aliphatic heterocycles. The number of aliphatic hydroxyl groups is 1. The molecule has 6 nitrogen and oxygen atoms in total. The fourth-order valence-corrected chi connectivity index (χ4v) is 0.970. The monoisotopic (exact) mass is 198 g/mol. The van der Waals surface area contributed by atoms with Gasteiger partial charge in [0.15, 0.2) is 0 Å². The number of phenolic OH excluding ortho intramolecular Hbond substituents is 1. The molecular weight excluding hydrogens is 188 g/mol. The number of nitro benzene ring substituents is 1. The summed E-state index contributed by atoms with van der Waals surface area (Å²) in [6.45, 7) is 0.122. The highest BCUT2D eigenvalue weighted by molar-refractivity contribution is 5.60. The van der Waals surface area contributed by atoms with Crippen molar-refractivity contribution in [3.63, 3.8) is 0 Å². The van der Waals surface area contributed by atoms with Crippen LogP contribution in [-0.4, -0.2) is 28.3 Å². The maximum atomic E-state index is 10.4. The lowest BCUT2D eigenvalue weighted by molar-refractivity contribution is -0.384. The molecule has 0 unspecified atom stereocenters. The molecule has 0 saturated carbocycles. The zero-order valence-corrected chi connectivity index (χ0v) is 7.30. The lowest BCUT2D eigenvalue weighted by Gasteiger charge is -2.05. The Morgan fingerprint density at radius 3 is 2.79 bits per heavy atom. The summed E-state index contributed by atoms with van der Waals surface area (Å²) in [4.78, 5) is 9.83. The normalized spacial score (nSPS) is 9.79. The molecule has 0 aromatic heterocycles. The van der Waals surface area contributed by atoms with E-state index in [4.69, 9.17) is 5.11 Å². The number of hydrogen-bond acceptors (Lipinski definition) is 5. The van der Waals surface area contributed by atoms with Crippen molar-refractivity contribution in [3.05, 3.63) is 28.3 Å². The van der Waals surface area contributed by atoms with Gasteiger partial charge in [-0.15, -0.1) is 0 Å². The average Bonchev–Trinajstić information content (AvgIpc) is 2.16. The Labute approximate surface area is 80.0 Å². The minimum atomic E-state index is -0.552. The Bertz CT molecular complexity index is 340. The number of anilines is 1. The minimum absolute atomic E-state index is 0.0796. The molecule has 0 fully saturated rings. The first-order valence-corrected chi connectivity index (χ1v) is 3.97. The van der Waals surface area contributed by atoms with E-state index in [0.29, 0.717) is 0 Å². The summed E-state index contributed by atoms with van der Waals surface area (Å²) >= 11 is 0. The van der Waals surface area contributed by atoms with Gasteiger partial charge in [-0.05, 0) is 6.07 Å². The van der Waals surface area contributed by atoms with Gasteiger partial charge >= 0.3 is 0 Å². The highest BCUT2D eigenvalue weighted by Crippen LogP contribution is 2.27. The second-order valence-corrected chi connectivity index (χ2v) is 2.61. The predicted molar refractivity (Wildman–Crippen MR) is 50.3 cm³/mol. The van der Waals surface area contributed by atoms with Gasteiger partial charge in [-0.25, -0.2) is 0 Å². The Balaban J connectivity index is 2.90. The van der Waals surface area contributed by atoms with E-state index in [1.165, 1.54) is 18.2 Å². The maximum Gasteiger partial charge on any atom is 0.271 e. The maximum absolute atomic E-state index is 10.4. The van der Waals surface area contributed by atoms with Crippen LogP contribution >= 0.6 is 0 Å². The highest BCUT2D eigenvalue weighted by atomic mass is 16.6. The van der Waals surface area contributed by atoms with Gasteiger partial charge in [-0.1, -0.05) is 0 Å². The summed E-state index contributed by atoms with van der Waals surface area (Å²) < 4.78 is 0. The van der Waals surface area contributed by atoms with Crippen LogP contribution in [0.1, 0.15) is 0 Å². The lowest BCUT2D eigenvalue weighted by Crippen LogP contribution is -2.05. The summed E-state index contributed by atoms with van der Waals surface area (Å²) in [6.07, 6.45) is 0. The van der Waals surface area contributed by atoms with Gasteiger partial charge in [0.1, 0.15) is 5.75 Å². The van der Waals surface area contributed by atoms with Crippen molar-refractivity contribution in [1.29, 1.82) is 0 Å². The van der Waals surface area contributed by atoms with Crippen LogP contribution in [0.15, 0.2) is 18.2 Å². The quantitative estimate of drug-likeness (QED) is 0.376. The Morgan fingerprint density at radius 2 is 2.21 bits per heavy atom. The van der Waals surface area contributed by atoms with Gasteiger partial charge in [0.05, 0.1) is 17.2 Å². The van der Waals surface area contributed by atoms with Crippen LogP contribution in [0, 0.1) is 10.1 Å². The number of aromatic hydroxyl groups is 1. The number of nitro groups is 1. The largest absolute Gasteiger partial charge is 0.506 e. The van der Waals surface area contributed by atoms with Gasteiger partial charge in [-0.2, -0.15) is 0 Å². The topological polar surface area (TPSA) is 95.6 Å². The van der Waals surface area contributed by atoms with E-state index in [1.807, 2.05) is 0 Å². The number of rotatable bonds is 4. The third kappa shape index (κ3) is 2.33. The lowest BCUT2D eigenvalue weighted by atomic mass is 10.2. The molecule has 0 bridgehead atoms. The van der Waals surface area contributed by atoms with Crippen LogP contribution in [0.4, 0.5) is 11.4 Å². The van der Waals surface area contributed by atoms with E-state index in [2.05, 4.69) is 5.32 Å². The second kappa shape index (κ2) is 4.43. The van der Waals surface area contributed by atoms with E-state index in [0.717, 1.165) is 0 Å². The molecule has 6 heteroatoms. The van der Waals surface area contributed by atoms with Crippen molar-refractivity contribution in [1.82, 2.24) is 0 Å². The van der Waals surface area contributed by atoms with E-state index >= 15 is 0 Å². The Kier molecular flexibility index (Phi) is 3.24. The molecular formula is C8H10N2O4. The first-order valence-electron chi connectivity index (χ1n) is 3.97. The van der Waals surface area contributed by atoms with E-state index in [1.54, 1.807) is 0 Å². The van der Waals surface area contributed by atoms with E-state index in [-0.39, 0.29) is 30.3 Å². The highest BCUT2D eigenvalue weighted by Gasteiger charge is 2.09. The number of phenols is 1. The molecule has 0 spiro atoms. The van der Waals surface area contributed by atoms with Gasteiger partial charge in [-0.3, -0.25) is 10.1 Å². The molecule has 0 saturated heterocycles. The molecule has 1 aromatic rings. The number of nitrogens with one attached hydrogen (secondary N) is 1. The van der Waals surface area contributed by atoms with Crippen LogP contribution in [0.2, 0.25) is 0 Å². The van der Waals surface area contributed by atoms with Crippen molar-refractivity contribution in [2.24, 2.45) is 0 Å². The van der Waals surface area contributed by atoms with Crippen LogP contribution in [0.3, 0.4) is 0 Å². The van der Waals surface area contributed by atoms with E-state index < -0.39 is 4.92 Å². The molecule has 0 atom stereocenters. The van der Waals surface area contributed by atoms with Gasteiger partial charge in [0.25, 0.3) is 5.69 Å². The smallest absolute Gasteiger partial charge is 0.271 e. The molecule has 0 heterocycles. The molecule has 0 aliphatic carbocycles. The molecule has 14 heavy (non-hydrogen) atoms. The molecule has 0 radical (unpaired) electrons. The summed E-state index contributed by atoms with van der Waals surface area (Å²) in [5.41, 5.74) is 0.136. The van der Waals surface area contributed by atoms with Crippen LogP contribution in [-0.2, 0) is 0 Å². The zero-order chi connectivity index (χ0) is 10.6. The first kappa shape index (κ1) is 10.3. The molecule has 1 rings (SSSR count). The van der Waals surface area contributed by atoms with Crippen LogP contribution < -0.4 is 5.32 Å². The molecule has 1 aromatic carbocycles. The summed E-state index contributed by atoms with van der Waals surface area (Å²) in [5, 5.41) is 30.8. The summed E-state index contributed by atoms with van der Waals surface area (Å²) in [7, 11) is 0. The van der Waals surface area contributed by atoms with Crippen molar-refractivity contribution in [2.75, 3.05) is 18.5 Å².